The van der Waals surface area contributed by atoms with Gasteiger partial charge in [-0.2, -0.15) is 0 Å². The molecule has 0 saturated heterocycles. The second-order valence-electron chi connectivity index (χ2n) is 30.9. The van der Waals surface area contributed by atoms with Gasteiger partial charge < -0.3 is 19.8 Å². The number of aliphatic hydroxyl groups excluding tert-OH is 1. The van der Waals surface area contributed by atoms with Crippen LogP contribution in [0.3, 0.4) is 0 Å². The summed E-state index contributed by atoms with van der Waals surface area (Å²) >= 11 is 0. The highest BCUT2D eigenvalue weighted by molar-refractivity contribution is 7.47. The smallest absolute Gasteiger partial charge is 0.387 e. The number of hydrogen-bond acceptors (Lipinski definition) is 5. The molecule has 8 nitrogen and oxygen atoms in total. The monoisotopic (exact) mass is 1330 g/mol. The number of phosphoric ester groups is 1. The molecule has 0 aromatic heterocycles. The Morgan fingerprint density at radius 1 is 0.355 bits per heavy atom. The van der Waals surface area contributed by atoms with Crippen LogP contribution in [0.2, 0.25) is 0 Å². The Kier molecular flexibility index (Phi) is 74.8. The minimum Gasteiger partial charge on any atom is -0.387 e. The van der Waals surface area contributed by atoms with Gasteiger partial charge in [-0.25, -0.2) is 4.57 Å². The fraction of sp³-hybridized carbons (Fsp3) is 0.964. The largest absolute Gasteiger partial charge is 0.472 e. The quantitative estimate of drug-likeness (QED) is 0.0243. The molecule has 0 aliphatic heterocycles. The van der Waals surface area contributed by atoms with E-state index >= 15 is 0 Å². The van der Waals surface area contributed by atoms with E-state index in [0.717, 1.165) is 32.1 Å². The molecule has 0 radical (unpaired) electrons. The highest BCUT2D eigenvalue weighted by atomic mass is 31.2. The second-order valence-corrected chi connectivity index (χ2v) is 32.4. The van der Waals surface area contributed by atoms with Crippen LogP contribution in [0.25, 0.3) is 0 Å². The van der Waals surface area contributed by atoms with E-state index in [1.807, 2.05) is 27.2 Å². The van der Waals surface area contributed by atoms with Crippen LogP contribution >= 0.6 is 7.82 Å². The summed E-state index contributed by atoms with van der Waals surface area (Å²) in [6, 6.07) is -0.845. The molecule has 3 N–H and O–H groups in total. The molecule has 0 spiro atoms. The molecule has 0 aliphatic rings. The van der Waals surface area contributed by atoms with Crippen molar-refractivity contribution in [1.82, 2.24) is 5.32 Å². The molecule has 1 amide bonds. The number of phosphoric acid groups is 1. The third-order valence-corrected chi connectivity index (χ3v) is 21.2. The van der Waals surface area contributed by atoms with Crippen LogP contribution < -0.4 is 5.32 Å². The number of rotatable bonds is 81. The van der Waals surface area contributed by atoms with E-state index in [4.69, 9.17) is 9.05 Å². The van der Waals surface area contributed by atoms with E-state index in [0.29, 0.717) is 17.4 Å². The Morgan fingerprint density at radius 3 is 0.796 bits per heavy atom. The molecule has 556 valence electrons. The van der Waals surface area contributed by atoms with Crippen molar-refractivity contribution in [2.45, 2.75) is 482 Å². The number of nitrogens with zero attached hydrogens (tertiary/aromatic N) is 1. The molecule has 0 rings (SSSR count). The summed E-state index contributed by atoms with van der Waals surface area (Å²) in [5.41, 5.74) is 0. The van der Waals surface area contributed by atoms with Crippen molar-refractivity contribution in [3.63, 3.8) is 0 Å². The van der Waals surface area contributed by atoms with Gasteiger partial charge in [-0.05, 0) is 19.3 Å². The zero-order valence-corrected chi connectivity index (χ0v) is 65.0. The first-order chi connectivity index (χ1) is 45.5. The van der Waals surface area contributed by atoms with Crippen molar-refractivity contribution in [1.29, 1.82) is 0 Å². The molecule has 0 bridgehead atoms. The van der Waals surface area contributed by atoms with E-state index < -0.39 is 20.0 Å². The number of carbonyl (C=O) groups is 1. The predicted molar refractivity (Wildman–Crippen MR) is 411 cm³/mol. The van der Waals surface area contributed by atoms with Crippen molar-refractivity contribution in [2.75, 3.05) is 40.9 Å². The number of unbranched alkanes of at least 4 members (excludes halogenated alkanes) is 68. The van der Waals surface area contributed by atoms with Gasteiger partial charge >= 0.3 is 7.82 Å². The average Bonchev–Trinajstić information content (AvgIpc) is 2.57. The molecule has 3 atom stereocenters. The SMILES string of the molecule is CCCCCCCCCCCCCCCCCCCCCCCCCCCCCC/C=C/C(O)C(COP(=O)(O)OCC[N+](C)(C)C)NC(=O)CCCCCCCCCCCCCCCCCCCCCCCCCCCCCCCCCCCCCCCCCCC. The van der Waals surface area contributed by atoms with Crippen molar-refractivity contribution in [3.8, 4) is 0 Å². The Bertz CT molecular complexity index is 1520. The van der Waals surface area contributed by atoms with Crippen molar-refractivity contribution >= 4 is 13.7 Å². The van der Waals surface area contributed by atoms with Gasteiger partial charge in [0.2, 0.25) is 5.91 Å². The van der Waals surface area contributed by atoms with E-state index in [9.17, 15) is 19.4 Å². The molecule has 0 fully saturated rings. The summed E-state index contributed by atoms with van der Waals surface area (Å²) in [4.78, 5) is 23.5. The van der Waals surface area contributed by atoms with Gasteiger partial charge in [-0.15, -0.1) is 0 Å². The standard InChI is InChI=1S/C84H169N2O6P/c1-6-8-10-12-14-16-18-20-22-24-26-28-30-32-34-36-38-39-40-41-42-43-44-45-46-47-48-50-52-54-56-58-60-62-64-66-68-70-72-74-76-78-84(88)85-82(81-92-93(89,90)91-80-79-86(3,4)5)83(87)77-75-73-71-69-67-65-63-61-59-57-55-53-51-49-37-35-33-31-29-27-25-23-21-19-17-15-13-11-9-7-2/h75,77,82-83,87H,6-74,76,78-81H2,1-5H3,(H-,85,88,89,90)/p+1/b77-75+. The lowest BCUT2D eigenvalue weighted by Gasteiger charge is -2.25. The Morgan fingerprint density at radius 2 is 0.570 bits per heavy atom. The summed E-state index contributed by atoms with van der Waals surface area (Å²) in [5, 5.41) is 14.1. The molecule has 0 heterocycles. The molecule has 0 aromatic rings. The van der Waals surface area contributed by atoms with Crippen LogP contribution in [0, 0.1) is 0 Å². The van der Waals surface area contributed by atoms with Crippen LogP contribution in [0.15, 0.2) is 12.2 Å². The fourth-order valence-corrected chi connectivity index (χ4v) is 14.4. The van der Waals surface area contributed by atoms with Gasteiger partial charge in [0.05, 0.1) is 39.9 Å². The van der Waals surface area contributed by atoms with Crippen LogP contribution in [0.1, 0.15) is 470 Å². The second kappa shape index (κ2) is 75.4. The lowest BCUT2D eigenvalue weighted by atomic mass is 10.0. The van der Waals surface area contributed by atoms with E-state index in [2.05, 4.69) is 19.2 Å². The Labute approximate surface area is 583 Å². The highest BCUT2D eigenvalue weighted by Crippen LogP contribution is 2.43. The fourth-order valence-electron chi connectivity index (χ4n) is 13.7. The maximum atomic E-state index is 13.1. The molecule has 93 heavy (non-hydrogen) atoms. The first-order valence-corrected chi connectivity index (χ1v) is 44.1. The minimum absolute atomic E-state index is 0.0657. The van der Waals surface area contributed by atoms with Gasteiger partial charge in [0.15, 0.2) is 0 Å². The number of nitrogens with one attached hydrogen (secondary N) is 1. The Balaban J connectivity index is 3.87. The van der Waals surface area contributed by atoms with Crippen LogP contribution in [-0.2, 0) is 18.4 Å². The van der Waals surface area contributed by atoms with Crippen molar-refractivity contribution in [3.05, 3.63) is 12.2 Å². The average molecular weight is 1340 g/mol. The maximum Gasteiger partial charge on any atom is 0.472 e. The molecular weight excluding hydrogens is 1160 g/mol. The van der Waals surface area contributed by atoms with Crippen LogP contribution in [0.5, 0.6) is 0 Å². The number of allylic oxidation sites excluding steroid dienone is 1. The summed E-state index contributed by atoms with van der Waals surface area (Å²) in [5.74, 6) is -0.165. The lowest BCUT2D eigenvalue weighted by Crippen LogP contribution is -2.45. The maximum absolute atomic E-state index is 13.1. The summed E-state index contributed by atoms with van der Waals surface area (Å²) in [6.07, 6.45) is 100. The Hall–Kier alpha value is -0.760. The van der Waals surface area contributed by atoms with Gasteiger partial charge in [0, 0.05) is 6.42 Å². The normalized spacial score (nSPS) is 13.4. The van der Waals surface area contributed by atoms with Crippen LogP contribution in [-0.4, -0.2) is 73.4 Å². The van der Waals surface area contributed by atoms with Gasteiger partial charge in [0.1, 0.15) is 13.2 Å². The first kappa shape index (κ1) is 92.2. The zero-order valence-electron chi connectivity index (χ0n) is 64.1. The van der Waals surface area contributed by atoms with Crippen molar-refractivity contribution < 1.29 is 32.9 Å². The van der Waals surface area contributed by atoms with E-state index in [1.165, 1.54) is 417 Å². The van der Waals surface area contributed by atoms with E-state index in [-0.39, 0.29) is 19.1 Å². The van der Waals surface area contributed by atoms with Gasteiger partial charge in [-0.1, -0.05) is 456 Å². The highest BCUT2D eigenvalue weighted by Gasteiger charge is 2.28. The third-order valence-electron chi connectivity index (χ3n) is 20.3. The molecule has 9 heteroatoms. The number of hydrogen-bond donors (Lipinski definition) is 3. The molecule has 3 unspecified atom stereocenters. The molecule has 0 aliphatic carbocycles. The predicted octanol–water partition coefficient (Wildman–Crippen LogP) is 28.0. The lowest BCUT2D eigenvalue weighted by molar-refractivity contribution is -0.870. The molecule has 0 aromatic carbocycles. The van der Waals surface area contributed by atoms with E-state index in [1.54, 1.807) is 6.08 Å². The minimum atomic E-state index is -4.36. The zero-order chi connectivity index (χ0) is 67.6. The number of carbonyl (C=O) groups excluding carboxylic acids is 1. The number of aliphatic hydroxyl groups is 1. The number of quaternary nitrogens is 1. The summed E-state index contributed by atoms with van der Waals surface area (Å²) in [6.45, 7) is 4.90. The van der Waals surface area contributed by atoms with Crippen molar-refractivity contribution in [2.24, 2.45) is 0 Å². The summed E-state index contributed by atoms with van der Waals surface area (Å²) in [7, 11) is 1.60. The van der Waals surface area contributed by atoms with Gasteiger partial charge in [0.25, 0.3) is 0 Å². The molecule has 0 saturated carbocycles. The first-order valence-electron chi connectivity index (χ1n) is 42.6. The topological polar surface area (TPSA) is 105 Å². The summed E-state index contributed by atoms with van der Waals surface area (Å²) < 4.78 is 23.9. The van der Waals surface area contributed by atoms with Gasteiger partial charge in [-0.3, -0.25) is 13.8 Å². The number of amides is 1. The third kappa shape index (κ3) is 78.5. The van der Waals surface area contributed by atoms with Crippen LogP contribution in [0.4, 0.5) is 0 Å². The molecular formula is C84H170N2O6P+. The number of likely N-dealkylation sites (N-methyl/N-ethyl adjacent to an activating group) is 1.